The number of benzene rings is 1. The molecule has 4 nitrogen and oxygen atoms in total. The van der Waals surface area contributed by atoms with Gasteiger partial charge in [-0.2, -0.15) is 5.26 Å². The number of carbonyl (C=O) groups excluding carboxylic acids is 2. The summed E-state index contributed by atoms with van der Waals surface area (Å²) in [4.78, 5) is 22.6. The molecule has 0 saturated carbocycles. The molecule has 0 aliphatic heterocycles. The normalized spacial score (nSPS) is 10.5. The number of aldehydes is 1. The second-order valence-corrected chi connectivity index (χ2v) is 3.45. The van der Waals surface area contributed by atoms with Gasteiger partial charge >= 0.3 is 0 Å². The van der Waals surface area contributed by atoms with Crippen molar-refractivity contribution in [2.45, 2.75) is 13.5 Å². The van der Waals surface area contributed by atoms with E-state index in [4.69, 9.17) is 5.26 Å². The summed E-state index contributed by atoms with van der Waals surface area (Å²) in [6, 6.07) is 9.11. The number of hydrogen-bond acceptors (Lipinski definition) is 3. The molecule has 0 radical (unpaired) electrons. The summed E-state index contributed by atoms with van der Waals surface area (Å²) in [5.74, 6) is 0. The van der Waals surface area contributed by atoms with Gasteiger partial charge in [0.2, 0.25) is 6.41 Å². The lowest BCUT2D eigenvalue weighted by atomic mass is 10.1. The van der Waals surface area contributed by atoms with Crippen molar-refractivity contribution in [3.8, 4) is 6.07 Å². The fourth-order valence-electron chi connectivity index (χ4n) is 1.39. The Labute approximate surface area is 99.8 Å². The van der Waals surface area contributed by atoms with E-state index in [2.05, 4.69) is 6.07 Å². The fourth-order valence-corrected chi connectivity index (χ4v) is 1.39. The summed E-state index contributed by atoms with van der Waals surface area (Å²) in [7, 11) is 0. The van der Waals surface area contributed by atoms with Crippen LogP contribution in [-0.2, 0) is 16.1 Å². The number of amides is 1. The van der Waals surface area contributed by atoms with E-state index in [0.29, 0.717) is 24.0 Å². The first-order valence-corrected chi connectivity index (χ1v) is 5.05. The van der Waals surface area contributed by atoms with Crippen LogP contribution in [0.5, 0.6) is 0 Å². The molecule has 1 rings (SSSR count). The maximum absolute atomic E-state index is 10.9. The number of hydrogen-bond donors (Lipinski definition) is 0. The highest BCUT2D eigenvalue weighted by Gasteiger charge is 2.08. The molecule has 0 fully saturated rings. The molecular weight excluding hydrogens is 216 g/mol. The third-order valence-corrected chi connectivity index (χ3v) is 2.37. The molecule has 1 amide bonds. The van der Waals surface area contributed by atoms with E-state index in [1.807, 2.05) is 0 Å². The van der Waals surface area contributed by atoms with E-state index in [0.717, 1.165) is 5.56 Å². The molecule has 0 atom stereocenters. The second kappa shape index (κ2) is 6.23. The summed E-state index contributed by atoms with van der Waals surface area (Å²) in [5.41, 5.74) is 1.82. The fraction of sp³-hybridized carbons (Fsp3) is 0.154. The second-order valence-electron chi connectivity index (χ2n) is 3.45. The highest BCUT2D eigenvalue weighted by Crippen LogP contribution is 2.12. The van der Waals surface area contributed by atoms with Gasteiger partial charge in [-0.05, 0) is 24.6 Å². The standard InChI is InChI=1S/C13H12N2O2/c1-11(6-7-16)15(10-17)9-13-5-3-2-4-12(13)8-14/h2-7,10H,9H2,1H3/b11-6-. The molecule has 0 heterocycles. The number of rotatable bonds is 5. The third-order valence-electron chi connectivity index (χ3n) is 2.37. The Morgan fingerprint density at radius 3 is 2.71 bits per heavy atom. The Morgan fingerprint density at radius 1 is 1.41 bits per heavy atom. The number of nitriles is 1. The minimum Gasteiger partial charge on any atom is -0.314 e. The summed E-state index contributed by atoms with van der Waals surface area (Å²) >= 11 is 0. The zero-order valence-corrected chi connectivity index (χ0v) is 9.46. The molecule has 0 aliphatic carbocycles. The molecule has 0 N–H and O–H groups in total. The number of carbonyl (C=O) groups is 2. The van der Waals surface area contributed by atoms with Gasteiger partial charge in [-0.25, -0.2) is 0 Å². The van der Waals surface area contributed by atoms with Crippen molar-refractivity contribution in [1.29, 1.82) is 5.26 Å². The zero-order valence-electron chi connectivity index (χ0n) is 9.46. The quantitative estimate of drug-likeness (QED) is 0.568. The molecule has 4 heteroatoms. The van der Waals surface area contributed by atoms with Crippen molar-refractivity contribution in [1.82, 2.24) is 4.90 Å². The van der Waals surface area contributed by atoms with Crippen LogP contribution < -0.4 is 0 Å². The smallest absolute Gasteiger partial charge is 0.214 e. The van der Waals surface area contributed by atoms with Crippen LogP contribution in [0.25, 0.3) is 0 Å². The molecule has 0 unspecified atom stereocenters. The van der Waals surface area contributed by atoms with E-state index in [9.17, 15) is 9.59 Å². The van der Waals surface area contributed by atoms with Gasteiger partial charge in [-0.15, -0.1) is 0 Å². The van der Waals surface area contributed by atoms with Gasteiger partial charge in [0, 0.05) is 5.70 Å². The Balaban J connectivity index is 2.96. The van der Waals surface area contributed by atoms with Crippen LogP contribution in [0.4, 0.5) is 0 Å². The largest absolute Gasteiger partial charge is 0.314 e. The Morgan fingerprint density at radius 2 is 2.12 bits per heavy atom. The average Bonchev–Trinajstić information content (AvgIpc) is 2.36. The molecule has 17 heavy (non-hydrogen) atoms. The van der Waals surface area contributed by atoms with Crippen molar-refractivity contribution in [2.75, 3.05) is 0 Å². The summed E-state index contributed by atoms with van der Waals surface area (Å²) < 4.78 is 0. The van der Waals surface area contributed by atoms with Crippen molar-refractivity contribution >= 4 is 12.7 Å². The van der Waals surface area contributed by atoms with Crippen molar-refractivity contribution in [3.05, 3.63) is 47.2 Å². The first-order valence-electron chi connectivity index (χ1n) is 5.05. The van der Waals surface area contributed by atoms with E-state index < -0.39 is 0 Å². The van der Waals surface area contributed by atoms with Crippen LogP contribution >= 0.6 is 0 Å². The molecule has 86 valence electrons. The van der Waals surface area contributed by atoms with Crippen LogP contribution in [0.2, 0.25) is 0 Å². The first-order chi connectivity index (χ1) is 8.22. The molecule has 0 aliphatic rings. The molecule has 1 aromatic rings. The summed E-state index contributed by atoms with van der Waals surface area (Å²) in [6.45, 7) is 1.95. The first kappa shape index (κ1) is 12.7. The van der Waals surface area contributed by atoms with Crippen LogP contribution in [-0.4, -0.2) is 17.6 Å². The highest BCUT2D eigenvalue weighted by molar-refractivity contribution is 5.67. The monoisotopic (exact) mass is 228 g/mol. The maximum atomic E-state index is 10.9. The van der Waals surface area contributed by atoms with E-state index in [1.165, 1.54) is 11.0 Å². The molecule has 0 spiro atoms. The molecule has 0 bridgehead atoms. The van der Waals surface area contributed by atoms with Crippen LogP contribution in [0.15, 0.2) is 36.0 Å². The summed E-state index contributed by atoms with van der Waals surface area (Å²) in [5, 5.41) is 8.92. The highest BCUT2D eigenvalue weighted by atomic mass is 16.1. The predicted octanol–water partition coefficient (Wildman–Crippen LogP) is 1.62. The Bertz CT molecular complexity index is 486. The van der Waals surface area contributed by atoms with Crippen LogP contribution in [0.3, 0.4) is 0 Å². The maximum Gasteiger partial charge on any atom is 0.214 e. The predicted molar refractivity (Wildman–Crippen MR) is 62.6 cm³/mol. The van der Waals surface area contributed by atoms with E-state index in [-0.39, 0.29) is 6.54 Å². The minimum atomic E-state index is 0.281. The van der Waals surface area contributed by atoms with Gasteiger partial charge in [-0.3, -0.25) is 9.59 Å². The molecular formula is C13H12N2O2. The molecule has 1 aromatic carbocycles. The Kier molecular flexibility index (Phi) is 4.64. The summed E-state index contributed by atoms with van der Waals surface area (Å²) in [6.07, 6.45) is 2.58. The van der Waals surface area contributed by atoms with Gasteiger partial charge in [0.1, 0.15) is 6.29 Å². The lowest BCUT2D eigenvalue weighted by Crippen LogP contribution is -2.19. The van der Waals surface area contributed by atoms with Gasteiger partial charge < -0.3 is 4.90 Å². The van der Waals surface area contributed by atoms with E-state index >= 15 is 0 Å². The number of allylic oxidation sites excluding steroid dienone is 2. The van der Waals surface area contributed by atoms with Gasteiger partial charge in [0.25, 0.3) is 0 Å². The Hall–Kier alpha value is -2.41. The van der Waals surface area contributed by atoms with Crippen LogP contribution in [0.1, 0.15) is 18.1 Å². The van der Waals surface area contributed by atoms with E-state index in [1.54, 1.807) is 31.2 Å². The van der Waals surface area contributed by atoms with Crippen molar-refractivity contribution < 1.29 is 9.59 Å². The van der Waals surface area contributed by atoms with Gasteiger partial charge in [0.05, 0.1) is 18.2 Å². The molecule has 0 saturated heterocycles. The van der Waals surface area contributed by atoms with Crippen LogP contribution in [0, 0.1) is 11.3 Å². The van der Waals surface area contributed by atoms with Crippen molar-refractivity contribution in [2.24, 2.45) is 0 Å². The third kappa shape index (κ3) is 3.28. The molecule has 0 aromatic heterocycles. The van der Waals surface area contributed by atoms with Gasteiger partial charge in [-0.1, -0.05) is 18.2 Å². The minimum absolute atomic E-state index is 0.281. The lowest BCUT2D eigenvalue weighted by molar-refractivity contribution is -0.116. The lowest BCUT2D eigenvalue weighted by Gasteiger charge is -2.18. The SMILES string of the molecule is C/C(=C/C=O)N(C=O)Cc1ccccc1C#N. The topological polar surface area (TPSA) is 61.2 Å². The number of nitrogens with zero attached hydrogens (tertiary/aromatic N) is 2. The average molecular weight is 228 g/mol. The zero-order chi connectivity index (χ0) is 12.7. The van der Waals surface area contributed by atoms with Crippen molar-refractivity contribution in [3.63, 3.8) is 0 Å². The van der Waals surface area contributed by atoms with Gasteiger partial charge in [0.15, 0.2) is 0 Å².